The molecule has 1 rings (SSSR count). The van der Waals surface area contributed by atoms with E-state index in [0.29, 0.717) is 13.1 Å². The molecule has 0 spiro atoms. The standard InChI is InChI=1S/C10H17N5O2/c1-3-12-8(16)6-15(4-2)10(17)9-7(11)5-13-14-9/h5H,3-4,6,11H2,1-2H3,(H,12,16)(H,13,14). The lowest BCUT2D eigenvalue weighted by molar-refractivity contribution is -0.121. The summed E-state index contributed by atoms with van der Waals surface area (Å²) in [5.74, 6) is -0.519. The van der Waals surface area contributed by atoms with E-state index in [4.69, 9.17) is 5.73 Å². The van der Waals surface area contributed by atoms with Crippen LogP contribution in [0.25, 0.3) is 0 Å². The van der Waals surface area contributed by atoms with Crippen molar-refractivity contribution in [1.82, 2.24) is 20.4 Å². The molecule has 1 aromatic heterocycles. The number of hydrogen-bond acceptors (Lipinski definition) is 4. The average Bonchev–Trinajstić information content (AvgIpc) is 2.72. The van der Waals surface area contributed by atoms with Crippen LogP contribution >= 0.6 is 0 Å². The summed E-state index contributed by atoms with van der Waals surface area (Å²) < 4.78 is 0. The SMILES string of the molecule is CCNC(=O)CN(CC)C(=O)c1[nH]ncc1N. The normalized spacial score (nSPS) is 10.0. The van der Waals surface area contributed by atoms with Gasteiger partial charge in [-0.15, -0.1) is 0 Å². The molecule has 0 bridgehead atoms. The molecule has 1 aromatic rings. The van der Waals surface area contributed by atoms with E-state index in [0.717, 1.165) is 0 Å². The van der Waals surface area contributed by atoms with Gasteiger partial charge in [-0.2, -0.15) is 5.10 Å². The Kier molecular flexibility index (Phi) is 4.50. The number of nitrogens with zero attached hydrogens (tertiary/aromatic N) is 2. The van der Waals surface area contributed by atoms with E-state index in [-0.39, 0.29) is 29.7 Å². The highest BCUT2D eigenvalue weighted by Gasteiger charge is 2.20. The highest BCUT2D eigenvalue weighted by atomic mass is 16.2. The summed E-state index contributed by atoms with van der Waals surface area (Å²) in [6.45, 7) is 4.60. The first-order chi connectivity index (χ1) is 8.10. The Labute approximate surface area is 99.4 Å². The molecule has 0 atom stereocenters. The van der Waals surface area contributed by atoms with Crippen molar-refractivity contribution in [3.63, 3.8) is 0 Å². The van der Waals surface area contributed by atoms with Gasteiger partial charge in [-0.25, -0.2) is 0 Å². The summed E-state index contributed by atoms with van der Waals surface area (Å²) in [6, 6.07) is 0. The molecule has 2 amide bonds. The van der Waals surface area contributed by atoms with Crippen LogP contribution in [0.1, 0.15) is 24.3 Å². The number of nitrogen functional groups attached to an aromatic ring is 1. The second-order valence-corrected chi connectivity index (χ2v) is 3.47. The fourth-order valence-electron chi connectivity index (χ4n) is 1.38. The first-order valence-electron chi connectivity index (χ1n) is 5.44. The lowest BCUT2D eigenvalue weighted by Crippen LogP contribution is -2.40. The predicted octanol–water partition coefficient (Wildman–Crippen LogP) is -0.410. The average molecular weight is 239 g/mol. The van der Waals surface area contributed by atoms with Crippen molar-refractivity contribution in [1.29, 1.82) is 0 Å². The lowest BCUT2D eigenvalue weighted by Gasteiger charge is -2.19. The molecule has 0 fully saturated rings. The number of carbonyl (C=O) groups is 2. The number of amides is 2. The van der Waals surface area contributed by atoms with Gasteiger partial charge in [-0.05, 0) is 13.8 Å². The molecule has 4 N–H and O–H groups in total. The summed E-state index contributed by atoms with van der Waals surface area (Å²) in [4.78, 5) is 24.8. The van der Waals surface area contributed by atoms with Crippen LogP contribution in [0.4, 0.5) is 5.69 Å². The third kappa shape index (κ3) is 3.20. The molecule has 0 aliphatic heterocycles. The smallest absolute Gasteiger partial charge is 0.274 e. The second-order valence-electron chi connectivity index (χ2n) is 3.47. The van der Waals surface area contributed by atoms with Crippen LogP contribution in [0.3, 0.4) is 0 Å². The molecule has 0 unspecified atom stereocenters. The third-order valence-corrected chi connectivity index (χ3v) is 2.26. The first kappa shape index (κ1) is 13.0. The first-order valence-corrected chi connectivity index (χ1v) is 5.44. The molecule has 0 aromatic carbocycles. The van der Waals surface area contributed by atoms with Crippen molar-refractivity contribution in [2.45, 2.75) is 13.8 Å². The van der Waals surface area contributed by atoms with Gasteiger partial charge in [0.25, 0.3) is 5.91 Å². The van der Waals surface area contributed by atoms with Crippen LogP contribution in [0.5, 0.6) is 0 Å². The van der Waals surface area contributed by atoms with Gasteiger partial charge in [-0.1, -0.05) is 0 Å². The zero-order valence-corrected chi connectivity index (χ0v) is 9.99. The summed E-state index contributed by atoms with van der Waals surface area (Å²) in [5.41, 5.74) is 6.08. The van der Waals surface area contributed by atoms with Gasteiger partial charge in [0, 0.05) is 13.1 Å². The Morgan fingerprint density at radius 3 is 2.71 bits per heavy atom. The minimum atomic E-state index is -0.325. The van der Waals surface area contributed by atoms with Gasteiger partial charge in [0.2, 0.25) is 5.91 Å². The number of nitrogens with one attached hydrogen (secondary N) is 2. The Bertz CT molecular complexity index is 401. The fraction of sp³-hybridized carbons (Fsp3) is 0.500. The Morgan fingerprint density at radius 2 is 2.24 bits per heavy atom. The molecule has 7 nitrogen and oxygen atoms in total. The topological polar surface area (TPSA) is 104 Å². The molecule has 0 saturated heterocycles. The van der Waals surface area contributed by atoms with Crippen LogP contribution < -0.4 is 11.1 Å². The van der Waals surface area contributed by atoms with Gasteiger partial charge in [0.15, 0.2) is 0 Å². The number of carbonyl (C=O) groups excluding carboxylic acids is 2. The summed E-state index contributed by atoms with van der Waals surface area (Å²) in [5, 5.41) is 8.84. The van der Waals surface area contributed by atoms with Crippen LogP contribution in [0.15, 0.2) is 6.20 Å². The van der Waals surface area contributed by atoms with Gasteiger partial charge in [0.1, 0.15) is 5.69 Å². The fourth-order valence-corrected chi connectivity index (χ4v) is 1.38. The summed E-state index contributed by atoms with van der Waals surface area (Å²) >= 11 is 0. The molecule has 7 heteroatoms. The molecular weight excluding hydrogens is 222 g/mol. The third-order valence-electron chi connectivity index (χ3n) is 2.26. The van der Waals surface area contributed by atoms with E-state index in [1.165, 1.54) is 11.1 Å². The predicted molar refractivity (Wildman–Crippen MR) is 63.3 cm³/mol. The van der Waals surface area contributed by atoms with Crippen molar-refractivity contribution < 1.29 is 9.59 Å². The minimum absolute atomic E-state index is 0.0155. The number of H-pyrrole nitrogens is 1. The van der Waals surface area contributed by atoms with Crippen LogP contribution in [0.2, 0.25) is 0 Å². The Balaban J connectivity index is 2.71. The summed E-state index contributed by atoms with van der Waals surface area (Å²) in [6.07, 6.45) is 1.37. The lowest BCUT2D eigenvalue weighted by atomic mass is 10.3. The molecule has 1 heterocycles. The molecule has 0 aliphatic rings. The maximum atomic E-state index is 12.0. The van der Waals surface area contributed by atoms with E-state index >= 15 is 0 Å². The van der Waals surface area contributed by atoms with Crippen molar-refractivity contribution in [3.05, 3.63) is 11.9 Å². The molecule has 0 saturated carbocycles. The van der Waals surface area contributed by atoms with E-state index in [1.807, 2.05) is 6.92 Å². The number of anilines is 1. The van der Waals surface area contributed by atoms with Gasteiger partial charge in [0.05, 0.1) is 18.4 Å². The number of aromatic amines is 1. The minimum Gasteiger partial charge on any atom is -0.396 e. The number of nitrogens with two attached hydrogens (primary N) is 1. The van der Waals surface area contributed by atoms with Crippen LogP contribution in [-0.4, -0.2) is 46.5 Å². The van der Waals surface area contributed by atoms with Gasteiger partial charge >= 0.3 is 0 Å². The van der Waals surface area contributed by atoms with Gasteiger partial charge < -0.3 is 16.0 Å². The summed E-state index contributed by atoms with van der Waals surface area (Å²) in [7, 11) is 0. The van der Waals surface area contributed by atoms with E-state index in [9.17, 15) is 9.59 Å². The van der Waals surface area contributed by atoms with Crippen molar-refractivity contribution in [3.8, 4) is 0 Å². The van der Waals surface area contributed by atoms with Crippen molar-refractivity contribution in [2.75, 3.05) is 25.4 Å². The van der Waals surface area contributed by atoms with Crippen LogP contribution in [0, 0.1) is 0 Å². The number of hydrogen-bond donors (Lipinski definition) is 3. The monoisotopic (exact) mass is 239 g/mol. The Hall–Kier alpha value is -2.05. The Morgan fingerprint density at radius 1 is 1.53 bits per heavy atom. The number of likely N-dealkylation sites (N-methyl/N-ethyl adjacent to an activating group) is 2. The zero-order valence-electron chi connectivity index (χ0n) is 9.99. The molecular formula is C10H17N5O2. The molecule has 17 heavy (non-hydrogen) atoms. The highest BCUT2D eigenvalue weighted by molar-refractivity contribution is 5.98. The maximum Gasteiger partial charge on any atom is 0.274 e. The van der Waals surface area contributed by atoms with E-state index in [1.54, 1.807) is 6.92 Å². The number of aromatic nitrogens is 2. The quantitative estimate of drug-likeness (QED) is 0.649. The van der Waals surface area contributed by atoms with E-state index < -0.39 is 0 Å². The van der Waals surface area contributed by atoms with Gasteiger partial charge in [-0.3, -0.25) is 14.7 Å². The number of rotatable bonds is 5. The van der Waals surface area contributed by atoms with Crippen LogP contribution in [-0.2, 0) is 4.79 Å². The largest absolute Gasteiger partial charge is 0.396 e. The second kappa shape index (κ2) is 5.88. The molecule has 0 aliphatic carbocycles. The van der Waals surface area contributed by atoms with E-state index in [2.05, 4.69) is 15.5 Å². The maximum absolute atomic E-state index is 12.0. The highest BCUT2D eigenvalue weighted by Crippen LogP contribution is 2.09. The molecule has 0 radical (unpaired) electrons. The van der Waals surface area contributed by atoms with Crippen molar-refractivity contribution >= 4 is 17.5 Å². The zero-order chi connectivity index (χ0) is 12.8. The molecule has 94 valence electrons. The van der Waals surface area contributed by atoms with Crippen molar-refractivity contribution in [2.24, 2.45) is 0 Å².